The average Bonchev–Trinajstić information content (AvgIpc) is 3.26. The van der Waals surface area contributed by atoms with Gasteiger partial charge in [-0.05, 0) is 42.5 Å². The van der Waals surface area contributed by atoms with E-state index in [0.29, 0.717) is 24.2 Å². The highest BCUT2D eigenvalue weighted by atomic mass is 16.5. The number of aliphatic hydroxyl groups excluding tert-OH is 1. The van der Waals surface area contributed by atoms with E-state index in [9.17, 15) is 5.11 Å². The molecule has 0 aromatic carbocycles. The van der Waals surface area contributed by atoms with Crippen molar-refractivity contribution in [3.05, 3.63) is 54.7 Å². The Morgan fingerprint density at radius 3 is 2.86 bits per heavy atom. The number of piperidine rings is 1. The lowest BCUT2D eigenvalue weighted by atomic mass is 10.00. The summed E-state index contributed by atoms with van der Waals surface area (Å²) in [4.78, 5) is 15.6. The number of likely N-dealkylation sites (tertiary alicyclic amines) is 1. The molecule has 10 nitrogen and oxygen atoms in total. The summed E-state index contributed by atoms with van der Waals surface area (Å²) in [5.41, 5.74) is 9.87. The number of aliphatic hydroxyl groups is 1. The Morgan fingerprint density at radius 2 is 2.09 bits per heavy atom. The van der Waals surface area contributed by atoms with Gasteiger partial charge in [0, 0.05) is 48.8 Å². The Hall–Kier alpha value is -3.60. The van der Waals surface area contributed by atoms with Crippen LogP contribution in [0.15, 0.2) is 49.2 Å². The van der Waals surface area contributed by atoms with E-state index in [1.165, 1.54) is 0 Å². The monoisotopic (exact) mass is 472 g/mol. The predicted octanol–water partition coefficient (Wildman–Crippen LogP) is 2.53. The number of nitrogens with two attached hydrogens (primary N) is 1. The minimum absolute atomic E-state index is 0.0523. The van der Waals surface area contributed by atoms with Crippen LogP contribution in [0, 0.1) is 6.92 Å². The molecule has 0 amide bonds. The van der Waals surface area contributed by atoms with Crippen molar-refractivity contribution in [2.75, 3.05) is 37.4 Å². The van der Waals surface area contributed by atoms with Gasteiger partial charge in [-0.3, -0.25) is 14.6 Å². The number of hydrogen-bond donors (Lipinski definition) is 3. The second-order valence-electron chi connectivity index (χ2n) is 9.32. The Kier molecular flexibility index (Phi) is 5.56. The third-order valence-electron chi connectivity index (χ3n) is 6.99. The lowest BCUT2D eigenvalue weighted by molar-refractivity contribution is -0.0945. The molecule has 2 saturated heterocycles. The number of ether oxygens (including phenoxy) is 1. The molecule has 4 aromatic heterocycles. The van der Waals surface area contributed by atoms with Crippen LogP contribution >= 0.6 is 0 Å². The number of nitrogens with one attached hydrogen (secondary N) is 1. The summed E-state index contributed by atoms with van der Waals surface area (Å²) in [5.74, 6) is 1.11. The molecule has 2 aliphatic heterocycles. The highest BCUT2D eigenvalue weighted by Crippen LogP contribution is 2.30. The van der Waals surface area contributed by atoms with Gasteiger partial charge in [0.25, 0.3) is 0 Å². The Labute approximate surface area is 202 Å². The molecular formula is C25H28N8O2. The SMILES string of the molecule is Cc1ccncc1-c1cc2cc(Nc3cnn(C4CCN(C5COC5)C[C@@H]4O)c3)ncc2c(N)n1. The second kappa shape index (κ2) is 8.88. The van der Waals surface area contributed by atoms with Crippen molar-refractivity contribution in [1.82, 2.24) is 29.6 Å². The van der Waals surface area contributed by atoms with Gasteiger partial charge in [0.1, 0.15) is 11.6 Å². The van der Waals surface area contributed by atoms with Crippen LogP contribution < -0.4 is 11.1 Å². The number of nitrogen functional groups attached to an aromatic ring is 1. The van der Waals surface area contributed by atoms with Gasteiger partial charge in [-0.1, -0.05) is 0 Å². The number of rotatable bonds is 5. The van der Waals surface area contributed by atoms with Crippen LogP contribution in [0.25, 0.3) is 22.0 Å². The van der Waals surface area contributed by atoms with Crippen molar-refractivity contribution < 1.29 is 9.84 Å². The van der Waals surface area contributed by atoms with Crippen LogP contribution in [0.4, 0.5) is 17.3 Å². The first kappa shape index (κ1) is 21.9. The zero-order valence-electron chi connectivity index (χ0n) is 19.5. The van der Waals surface area contributed by atoms with Gasteiger partial charge in [0.15, 0.2) is 0 Å². The van der Waals surface area contributed by atoms with E-state index in [0.717, 1.165) is 59.5 Å². The van der Waals surface area contributed by atoms with Crippen LogP contribution in [0.3, 0.4) is 0 Å². The molecule has 0 radical (unpaired) electrons. The number of pyridine rings is 3. The fourth-order valence-corrected chi connectivity index (χ4v) is 4.86. The summed E-state index contributed by atoms with van der Waals surface area (Å²) in [5, 5.41) is 20.3. The molecular weight excluding hydrogens is 444 g/mol. The number of hydrogen-bond acceptors (Lipinski definition) is 9. The van der Waals surface area contributed by atoms with Crippen LogP contribution in [0.2, 0.25) is 0 Å². The molecule has 2 atom stereocenters. The second-order valence-corrected chi connectivity index (χ2v) is 9.32. The smallest absolute Gasteiger partial charge is 0.133 e. The van der Waals surface area contributed by atoms with E-state index >= 15 is 0 Å². The van der Waals surface area contributed by atoms with Gasteiger partial charge in [0.2, 0.25) is 0 Å². The summed E-state index contributed by atoms with van der Waals surface area (Å²) in [6, 6.07) is 6.30. The van der Waals surface area contributed by atoms with Crippen molar-refractivity contribution in [1.29, 1.82) is 0 Å². The van der Waals surface area contributed by atoms with E-state index < -0.39 is 6.10 Å². The molecule has 180 valence electrons. The minimum atomic E-state index is -0.472. The Bertz CT molecular complexity index is 1370. The van der Waals surface area contributed by atoms with Crippen molar-refractivity contribution >= 4 is 28.1 Å². The highest BCUT2D eigenvalue weighted by Gasteiger charge is 2.35. The van der Waals surface area contributed by atoms with E-state index in [-0.39, 0.29) is 6.04 Å². The van der Waals surface area contributed by atoms with E-state index in [4.69, 9.17) is 10.5 Å². The molecule has 10 heteroatoms. The molecule has 35 heavy (non-hydrogen) atoms. The molecule has 0 bridgehead atoms. The molecule has 1 unspecified atom stereocenters. The van der Waals surface area contributed by atoms with Gasteiger partial charge in [-0.15, -0.1) is 0 Å². The van der Waals surface area contributed by atoms with E-state index in [2.05, 4.69) is 30.3 Å². The first-order valence-corrected chi connectivity index (χ1v) is 11.8. The fourth-order valence-electron chi connectivity index (χ4n) is 4.86. The topological polar surface area (TPSA) is 127 Å². The van der Waals surface area contributed by atoms with Crippen molar-refractivity contribution in [2.45, 2.75) is 31.5 Å². The molecule has 2 aliphatic rings. The largest absolute Gasteiger partial charge is 0.390 e. The molecule has 6 rings (SSSR count). The molecule has 4 N–H and O–H groups in total. The third kappa shape index (κ3) is 4.20. The van der Waals surface area contributed by atoms with Crippen molar-refractivity contribution in [3.63, 3.8) is 0 Å². The highest BCUT2D eigenvalue weighted by molar-refractivity contribution is 5.94. The van der Waals surface area contributed by atoms with Crippen molar-refractivity contribution in [2.24, 2.45) is 0 Å². The summed E-state index contributed by atoms with van der Waals surface area (Å²) in [7, 11) is 0. The minimum Gasteiger partial charge on any atom is -0.390 e. The quantitative estimate of drug-likeness (QED) is 0.401. The average molecular weight is 473 g/mol. The fraction of sp³-hybridized carbons (Fsp3) is 0.360. The lowest BCUT2D eigenvalue weighted by Gasteiger charge is -2.43. The standard InChI is InChI=1S/C25H28N8O2/c1-15-2-4-27-9-19(15)21-6-16-7-24(28-10-20(16)25(26)31-21)30-17-8-29-33(11-17)22-3-5-32(12-23(22)34)18-13-35-14-18/h2,4,6-11,18,22-23,34H,3,5,12-14H2,1H3,(H2,26,31)(H,28,30)/t22?,23-/m0/s1. The zero-order valence-corrected chi connectivity index (χ0v) is 19.5. The van der Waals surface area contributed by atoms with E-state index in [1.54, 1.807) is 24.8 Å². The maximum atomic E-state index is 10.7. The van der Waals surface area contributed by atoms with E-state index in [1.807, 2.05) is 36.0 Å². The van der Waals surface area contributed by atoms with Crippen LogP contribution in [-0.2, 0) is 4.74 Å². The zero-order chi connectivity index (χ0) is 23.9. The first-order valence-electron chi connectivity index (χ1n) is 11.8. The van der Waals surface area contributed by atoms with Gasteiger partial charge in [0.05, 0.1) is 49.0 Å². The molecule has 0 saturated carbocycles. The number of β-amino-alcohol motifs (C(OH)–C–C–N with tert-alkyl or cyclic N) is 1. The van der Waals surface area contributed by atoms with Crippen LogP contribution in [-0.4, -0.2) is 73.2 Å². The maximum absolute atomic E-state index is 10.7. The van der Waals surface area contributed by atoms with Crippen LogP contribution in [0.5, 0.6) is 0 Å². The van der Waals surface area contributed by atoms with Gasteiger partial charge in [-0.25, -0.2) is 9.97 Å². The Balaban J connectivity index is 1.21. The van der Waals surface area contributed by atoms with Gasteiger partial charge >= 0.3 is 0 Å². The summed E-state index contributed by atoms with van der Waals surface area (Å²) < 4.78 is 7.15. The lowest BCUT2D eigenvalue weighted by Crippen LogP contribution is -2.55. The summed E-state index contributed by atoms with van der Waals surface area (Å²) >= 11 is 0. The number of anilines is 3. The first-order chi connectivity index (χ1) is 17.0. The van der Waals surface area contributed by atoms with Gasteiger partial charge in [-0.2, -0.15) is 5.10 Å². The molecule has 0 aliphatic carbocycles. The summed E-state index contributed by atoms with van der Waals surface area (Å²) in [6.07, 6.45) is 9.35. The number of aromatic nitrogens is 5. The summed E-state index contributed by atoms with van der Waals surface area (Å²) in [6.45, 7) is 5.12. The van der Waals surface area contributed by atoms with Gasteiger partial charge < -0.3 is 20.9 Å². The molecule has 2 fully saturated rings. The number of aryl methyl sites for hydroxylation is 1. The predicted molar refractivity (Wildman–Crippen MR) is 133 cm³/mol. The van der Waals surface area contributed by atoms with Crippen LogP contribution in [0.1, 0.15) is 18.0 Å². The maximum Gasteiger partial charge on any atom is 0.133 e. The van der Waals surface area contributed by atoms with Crippen molar-refractivity contribution in [3.8, 4) is 11.3 Å². The number of fused-ring (bicyclic) bond motifs is 1. The molecule has 6 heterocycles. The third-order valence-corrected chi connectivity index (χ3v) is 6.99. The molecule has 0 spiro atoms. The Morgan fingerprint density at radius 1 is 1.20 bits per heavy atom. The number of nitrogens with zero attached hydrogens (tertiary/aromatic N) is 6. The normalized spacial score (nSPS) is 21.2. The molecule has 4 aromatic rings.